The van der Waals surface area contributed by atoms with Crippen LogP contribution in [0.15, 0.2) is 0 Å². The van der Waals surface area contributed by atoms with Crippen molar-refractivity contribution in [1.82, 2.24) is 0 Å². The number of carbonyl (C=O) groups excluding carboxylic acids is 4. The first-order valence-corrected chi connectivity index (χ1v) is 40.8. The molecule has 0 amide bonds. The van der Waals surface area contributed by atoms with E-state index in [4.69, 9.17) is 37.0 Å². The maximum Gasteiger partial charge on any atom is 0.472 e. The van der Waals surface area contributed by atoms with Crippen LogP contribution in [-0.2, 0) is 65.4 Å². The van der Waals surface area contributed by atoms with E-state index in [2.05, 4.69) is 27.7 Å². The third-order valence-corrected chi connectivity index (χ3v) is 18.8. The molecule has 0 saturated carbocycles. The number of hydrogen-bond acceptors (Lipinski definition) is 15. The van der Waals surface area contributed by atoms with Gasteiger partial charge in [0.25, 0.3) is 0 Å². The molecular weight excluding hydrogens is 1200 g/mol. The molecule has 0 rings (SSSR count). The molecule has 0 aromatic heterocycles. The lowest BCUT2D eigenvalue weighted by molar-refractivity contribution is -0.161. The highest BCUT2D eigenvalue weighted by Crippen LogP contribution is 2.45. The van der Waals surface area contributed by atoms with Crippen molar-refractivity contribution in [1.29, 1.82) is 0 Å². The fourth-order valence-corrected chi connectivity index (χ4v) is 12.6. The molecule has 0 aromatic carbocycles. The molecule has 0 spiro atoms. The second-order valence-electron chi connectivity index (χ2n) is 26.0. The lowest BCUT2D eigenvalue weighted by Gasteiger charge is -2.21. The Kier molecular flexibility index (Phi) is 65.2. The summed E-state index contributed by atoms with van der Waals surface area (Å²) in [5, 5.41) is 10.6. The fraction of sp³-hybridized carbons (Fsp3) is 0.944. The van der Waals surface area contributed by atoms with Gasteiger partial charge in [-0.05, 0) is 25.7 Å². The van der Waals surface area contributed by atoms with E-state index in [1.165, 1.54) is 205 Å². The van der Waals surface area contributed by atoms with E-state index in [0.29, 0.717) is 25.7 Å². The van der Waals surface area contributed by atoms with Crippen LogP contribution in [0.1, 0.15) is 381 Å². The van der Waals surface area contributed by atoms with E-state index >= 15 is 0 Å². The Morgan fingerprint density at radius 2 is 0.440 bits per heavy atom. The molecule has 0 heterocycles. The molecule has 540 valence electrons. The van der Waals surface area contributed by atoms with Crippen LogP contribution in [-0.4, -0.2) is 96.7 Å². The summed E-state index contributed by atoms with van der Waals surface area (Å²) in [6, 6.07) is 0. The average molecular weight is 1340 g/mol. The first kappa shape index (κ1) is 89.1. The van der Waals surface area contributed by atoms with Crippen LogP contribution in [0.3, 0.4) is 0 Å². The molecule has 0 radical (unpaired) electrons. The second-order valence-corrected chi connectivity index (χ2v) is 28.9. The Hall–Kier alpha value is -1.94. The smallest absolute Gasteiger partial charge is 0.462 e. The molecule has 91 heavy (non-hydrogen) atoms. The first-order valence-electron chi connectivity index (χ1n) is 37.8. The average Bonchev–Trinajstić information content (AvgIpc) is 3.50. The van der Waals surface area contributed by atoms with E-state index in [1.54, 1.807) is 0 Å². The summed E-state index contributed by atoms with van der Waals surface area (Å²) >= 11 is 0. The van der Waals surface area contributed by atoms with Crippen molar-refractivity contribution in [2.75, 3.05) is 39.6 Å². The van der Waals surface area contributed by atoms with Crippen molar-refractivity contribution in [3.8, 4) is 0 Å². The molecule has 3 N–H and O–H groups in total. The highest BCUT2D eigenvalue weighted by molar-refractivity contribution is 7.47. The number of rotatable bonds is 73. The maximum atomic E-state index is 13.0. The summed E-state index contributed by atoms with van der Waals surface area (Å²) < 4.78 is 68.2. The van der Waals surface area contributed by atoms with Crippen molar-refractivity contribution in [2.24, 2.45) is 0 Å². The van der Waals surface area contributed by atoms with Crippen molar-refractivity contribution in [3.05, 3.63) is 0 Å². The number of ether oxygens (including phenoxy) is 4. The molecule has 0 aliphatic rings. The molecule has 0 bridgehead atoms. The monoisotopic (exact) mass is 1340 g/mol. The molecule has 0 aliphatic carbocycles. The lowest BCUT2D eigenvalue weighted by Crippen LogP contribution is -2.30. The van der Waals surface area contributed by atoms with Gasteiger partial charge in [0.15, 0.2) is 12.2 Å². The minimum atomic E-state index is -4.95. The van der Waals surface area contributed by atoms with Crippen LogP contribution in [0.5, 0.6) is 0 Å². The van der Waals surface area contributed by atoms with Gasteiger partial charge in [0.2, 0.25) is 0 Å². The second kappa shape index (κ2) is 66.7. The quantitative estimate of drug-likeness (QED) is 0.0222. The number of phosphoric ester groups is 2. The summed E-state index contributed by atoms with van der Waals surface area (Å²) in [5.41, 5.74) is 0. The van der Waals surface area contributed by atoms with Gasteiger partial charge in [-0.2, -0.15) is 0 Å². The number of aliphatic hydroxyl groups is 1. The van der Waals surface area contributed by atoms with Gasteiger partial charge in [-0.15, -0.1) is 0 Å². The number of unbranched alkanes of at least 4 members (excludes halogenated alkanes) is 47. The molecule has 2 unspecified atom stereocenters. The summed E-state index contributed by atoms with van der Waals surface area (Å²) in [4.78, 5) is 72.5. The van der Waals surface area contributed by atoms with Crippen molar-refractivity contribution >= 4 is 39.5 Å². The van der Waals surface area contributed by atoms with E-state index < -0.39 is 97.5 Å². The van der Waals surface area contributed by atoms with Crippen molar-refractivity contribution in [3.63, 3.8) is 0 Å². The van der Waals surface area contributed by atoms with Crippen LogP contribution >= 0.6 is 15.6 Å². The zero-order chi connectivity index (χ0) is 66.8. The normalized spacial score (nSPS) is 14.0. The maximum absolute atomic E-state index is 13.0. The van der Waals surface area contributed by atoms with E-state index in [-0.39, 0.29) is 25.7 Å². The van der Waals surface area contributed by atoms with Crippen molar-refractivity contribution < 1.29 is 80.2 Å². The molecule has 17 nitrogen and oxygen atoms in total. The van der Waals surface area contributed by atoms with Gasteiger partial charge in [-0.3, -0.25) is 37.3 Å². The highest BCUT2D eigenvalue weighted by atomic mass is 31.2. The van der Waals surface area contributed by atoms with Crippen LogP contribution in [0.2, 0.25) is 0 Å². The van der Waals surface area contributed by atoms with Crippen LogP contribution in [0, 0.1) is 0 Å². The first-order chi connectivity index (χ1) is 44.2. The minimum Gasteiger partial charge on any atom is -0.462 e. The van der Waals surface area contributed by atoms with E-state index in [0.717, 1.165) is 96.3 Å². The van der Waals surface area contributed by atoms with Gasteiger partial charge in [-0.25, -0.2) is 9.13 Å². The van der Waals surface area contributed by atoms with Gasteiger partial charge in [-0.1, -0.05) is 329 Å². The molecule has 0 saturated heterocycles. The van der Waals surface area contributed by atoms with Gasteiger partial charge in [0.05, 0.1) is 26.4 Å². The van der Waals surface area contributed by atoms with Gasteiger partial charge in [0, 0.05) is 25.7 Å². The SMILES string of the molecule is CCCCCCCCCCCCCCCCCCCCCCCC(=O)O[C@H](COC(=O)CCCCCCCCCCCCC)COP(=O)(O)OC[C@@H](O)COP(=O)(O)OC[C@@H](COC(=O)CCCCCCCCCC)OC(=O)CCCCCCCCCCCCC. The highest BCUT2D eigenvalue weighted by Gasteiger charge is 2.30. The fourth-order valence-electron chi connectivity index (χ4n) is 11.0. The van der Waals surface area contributed by atoms with Crippen LogP contribution in [0.25, 0.3) is 0 Å². The number of carbonyl (C=O) groups is 4. The topological polar surface area (TPSA) is 237 Å². The van der Waals surface area contributed by atoms with E-state index in [1.807, 2.05) is 0 Å². The Morgan fingerprint density at radius 1 is 0.264 bits per heavy atom. The number of aliphatic hydroxyl groups excluding tert-OH is 1. The molecular formula is C72H140O17P2. The van der Waals surface area contributed by atoms with Crippen LogP contribution < -0.4 is 0 Å². The lowest BCUT2D eigenvalue weighted by atomic mass is 10.0. The zero-order valence-corrected chi connectivity index (χ0v) is 60.6. The zero-order valence-electron chi connectivity index (χ0n) is 58.8. The Bertz CT molecular complexity index is 1740. The summed E-state index contributed by atoms with van der Waals surface area (Å²) in [6.07, 6.45) is 55.6. The molecule has 0 fully saturated rings. The Morgan fingerprint density at radius 3 is 0.648 bits per heavy atom. The predicted octanol–water partition coefficient (Wildman–Crippen LogP) is 21.1. The van der Waals surface area contributed by atoms with Crippen LogP contribution in [0.4, 0.5) is 0 Å². The summed E-state index contributed by atoms with van der Waals surface area (Å²) in [7, 11) is -9.89. The van der Waals surface area contributed by atoms with E-state index in [9.17, 15) is 43.2 Å². The number of phosphoric acid groups is 2. The standard InChI is InChI=1S/C72H140O17P2/c1-5-9-13-17-21-25-28-29-30-31-32-33-34-35-36-37-40-43-47-51-55-59-72(77)89-68(63-83-70(75)57-53-49-45-41-38-26-22-18-14-10-6-2)65-87-91(80,81)85-61-66(73)60-84-90(78,79)86-64-67(62-82-69(74)56-52-48-44-24-20-16-12-8-4)88-71(76)58-54-50-46-42-39-27-23-19-15-11-7-3/h66-68,73H,5-65H2,1-4H3,(H,78,79)(H,80,81)/t66-,67+,68+/m0/s1. The number of esters is 4. The molecule has 0 aliphatic heterocycles. The predicted molar refractivity (Wildman–Crippen MR) is 368 cm³/mol. The number of hydrogen-bond donors (Lipinski definition) is 3. The minimum absolute atomic E-state index is 0.107. The molecule has 19 heteroatoms. The van der Waals surface area contributed by atoms with Gasteiger partial charge in [0.1, 0.15) is 19.3 Å². The van der Waals surface area contributed by atoms with Gasteiger partial charge >= 0.3 is 39.5 Å². The molecule has 0 aromatic rings. The Labute approximate surface area is 556 Å². The summed E-state index contributed by atoms with van der Waals surface area (Å²) in [5.74, 6) is -2.12. The van der Waals surface area contributed by atoms with Gasteiger partial charge < -0.3 is 33.8 Å². The third kappa shape index (κ3) is 66.5. The van der Waals surface area contributed by atoms with Crippen molar-refractivity contribution in [2.45, 2.75) is 399 Å². The third-order valence-electron chi connectivity index (χ3n) is 16.9. The summed E-state index contributed by atoms with van der Waals surface area (Å²) in [6.45, 7) is 4.92. The largest absolute Gasteiger partial charge is 0.472 e. The Balaban J connectivity index is 5.14. The molecule has 5 atom stereocenters.